The van der Waals surface area contributed by atoms with Crippen molar-refractivity contribution < 1.29 is 4.65 Å². The first-order chi connectivity index (χ1) is 6.33. The van der Waals surface area contributed by atoms with E-state index in [9.17, 15) is 5.21 Å². The topological polar surface area (TPSA) is 23.1 Å². The molecule has 0 heterocycles. The number of unbranched alkanes of at least 4 members (excludes halogenated alkanes) is 2. The maximum atomic E-state index is 11.2. The molecule has 0 fully saturated rings. The van der Waals surface area contributed by atoms with E-state index in [0.29, 0.717) is 0 Å². The van der Waals surface area contributed by atoms with Crippen molar-refractivity contribution in [2.45, 2.75) is 46.5 Å². The fourth-order valence-electron chi connectivity index (χ4n) is 1.47. The maximum Gasteiger partial charge on any atom is 0.0779 e. The zero-order valence-electron chi connectivity index (χ0n) is 10.5. The highest BCUT2D eigenvalue weighted by atomic mass is 16.5. The van der Waals surface area contributed by atoms with E-state index in [2.05, 4.69) is 20.8 Å². The quantitative estimate of drug-likeness (QED) is 0.352. The number of hydrogen-bond donors (Lipinski definition) is 0. The first-order valence-electron chi connectivity index (χ1n) is 5.87. The Balaban J connectivity index is 3.30. The first-order valence-corrected chi connectivity index (χ1v) is 5.87. The highest BCUT2D eigenvalue weighted by molar-refractivity contribution is 4.57. The minimum atomic E-state index is -0.139. The van der Waals surface area contributed by atoms with Crippen LogP contribution in [0.25, 0.3) is 0 Å². The molecule has 0 aliphatic heterocycles. The van der Waals surface area contributed by atoms with Crippen molar-refractivity contribution in [2.75, 3.05) is 20.6 Å². The van der Waals surface area contributed by atoms with Gasteiger partial charge in [-0.2, -0.15) is 0 Å². The molecule has 0 aromatic heterocycles. The van der Waals surface area contributed by atoms with Gasteiger partial charge in [0.05, 0.1) is 20.6 Å². The Morgan fingerprint density at radius 1 is 1.00 bits per heavy atom. The Morgan fingerprint density at radius 3 is 2.00 bits per heavy atom. The van der Waals surface area contributed by atoms with Crippen molar-refractivity contribution in [1.29, 1.82) is 0 Å². The summed E-state index contributed by atoms with van der Waals surface area (Å²) in [5, 5.41) is 11.2. The Bertz CT molecular complexity index is 138. The third-order valence-electron chi connectivity index (χ3n) is 2.99. The van der Waals surface area contributed by atoms with Gasteiger partial charge in [-0.15, -0.1) is 0 Å². The minimum absolute atomic E-state index is 0.139. The number of rotatable bonds is 7. The molecule has 0 saturated carbocycles. The summed E-state index contributed by atoms with van der Waals surface area (Å²) in [5.74, 6) is 1.62. The molecule has 14 heavy (non-hydrogen) atoms. The lowest BCUT2D eigenvalue weighted by Gasteiger charge is -2.33. The van der Waals surface area contributed by atoms with E-state index in [-0.39, 0.29) is 4.65 Å². The van der Waals surface area contributed by atoms with E-state index in [0.717, 1.165) is 24.8 Å². The van der Waals surface area contributed by atoms with Gasteiger partial charge >= 0.3 is 0 Å². The van der Waals surface area contributed by atoms with Gasteiger partial charge in [0.25, 0.3) is 0 Å². The monoisotopic (exact) mass is 201 g/mol. The Hall–Kier alpha value is -0.0800. The summed E-state index contributed by atoms with van der Waals surface area (Å²) in [7, 11) is 3.44. The van der Waals surface area contributed by atoms with Crippen LogP contribution in [0.3, 0.4) is 0 Å². The van der Waals surface area contributed by atoms with Crippen LogP contribution < -0.4 is 0 Å². The van der Waals surface area contributed by atoms with Gasteiger partial charge in [0.15, 0.2) is 0 Å². The number of quaternary nitrogens is 1. The molecular formula is C12H27NO. The molecule has 0 N–H and O–H groups in total. The molecule has 0 aromatic rings. The first kappa shape index (κ1) is 13.9. The number of nitrogens with zero attached hydrogens (tertiary/aromatic N) is 1. The molecule has 0 amide bonds. The summed E-state index contributed by atoms with van der Waals surface area (Å²) < 4.78 is -0.139. The summed E-state index contributed by atoms with van der Waals surface area (Å²) in [6.07, 6.45) is 4.87. The molecule has 0 bridgehead atoms. The molecule has 0 saturated heterocycles. The van der Waals surface area contributed by atoms with E-state index < -0.39 is 0 Å². The molecule has 86 valence electrons. The van der Waals surface area contributed by atoms with Crippen LogP contribution in [-0.4, -0.2) is 25.3 Å². The Kier molecular flexibility index (Phi) is 6.38. The predicted octanol–water partition coefficient (Wildman–Crippen LogP) is 3.41. The van der Waals surface area contributed by atoms with Crippen LogP contribution in [0.15, 0.2) is 0 Å². The second-order valence-corrected chi connectivity index (χ2v) is 5.37. The lowest BCUT2D eigenvalue weighted by molar-refractivity contribution is -0.840. The van der Waals surface area contributed by atoms with E-state index in [1.54, 1.807) is 14.1 Å². The highest BCUT2D eigenvalue weighted by Gasteiger charge is 2.06. The molecule has 0 aliphatic carbocycles. The zero-order valence-corrected chi connectivity index (χ0v) is 10.5. The Labute approximate surface area is 89.5 Å². The normalized spacial score (nSPS) is 14.8. The van der Waals surface area contributed by atoms with E-state index in [4.69, 9.17) is 0 Å². The molecule has 2 heteroatoms. The summed E-state index contributed by atoms with van der Waals surface area (Å²) in [4.78, 5) is 0. The average molecular weight is 201 g/mol. The van der Waals surface area contributed by atoms with Crippen LogP contribution >= 0.6 is 0 Å². The highest BCUT2D eigenvalue weighted by Crippen LogP contribution is 2.17. The van der Waals surface area contributed by atoms with E-state index in [1.807, 2.05) is 0 Å². The largest absolute Gasteiger partial charge is 0.633 e. The van der Waals surface area contributed by atoms with Crippen LogP contribution in [0, 0.1) is 17.0 Å². The van der Waals surface area contributed by atoms with Gasteiger partial charge in [-0.3, -0.25) is 0 Å². The van der Waals surface area contributed by atoms with Crippen LogP contribution in [-0.2, 0) is 0 Å². The van der Waals surface area contributed by atoms with Gasteiger partial charge in [-0.05, 0) is 24.7 Å². The molecule has 1 unspecified atom stereocenters. The molecule has 2 nitrogen and oxygen atoms in total. The number of hydrogen-bond acceptors (Lipinski definition) is 1. The fourth-order valence-corrected chi connectivity index (χ4v) is 1.47. The van der Waals surface area contributed by atoms with Gasteiger partial charge in [0.1, 0.15) is 0 Å². The van der Waals surface area contributed by atoms with Crippen LogP contribution in [0.1, 0.15) is 46.5 Å². The summed E-state index contributed by atoms with van der Waals surface area (Å²) in [6.45, 7) is 7.64. The van der Waals surface area contributed by atoms with Crippen LogP contribution in [0.5, 0.6) is 0 Å². The van der Waals surface area contributed by atoms with E-state index >= 15 is 0 Å². The molecule has 0 radical (unpaired) electrons. The summed E-state index contributed by atoms with van der Waals surface area (Å²) >= 11 is 0. The van der Waals surface area contributed by atoms with Gasteiger partial charge in [-0.25, -0.2) is 0 Å². The third-order valence-corrected chi connectivity index (χ3v) is 2.99. The predicted molar refractivity (Wildman–Crippen MR) is 62.8 cm³/mol. The molecule has 0 aromatic carbocycles. The lowest BCUT2D eigenvalue weighted by Crippen LogP contribution is -2.32. The molecular weight excluding hydrogens is 174 g/mol. The summed E-state index contributed by atoms with van der Waals surface area (Å²) in [6, 6.07) is 0. The van der Waals surface area contributed by atoms with Gasteiger partial charge in [-0.1, -0.05) is 33.6 Å². The van der Waals surface area contributed by atoms with Crippen molar-refractivity contribution in [3.05, 3.63) is 5.21 Å². The van der Waals surface area contributed by atoms with E-state index in [1.165, 1.54) is 19.3 Å². The zero-order chi connectivity index (χ0) is 11.2. The Morgan fingerprint density at radius 2 is 1.57 bits per heavy atom. The smallest absolute Gasteiger partial charge is 0.0779 e. The van der Waals surface area contributed by atoms with Gasteiger partial charge in [0.2, 0.25) is 0 Å². The maximum absolute atomic E-state index is 11.2. The summed E-state index contributed by atoms with van der Waals surface area (Å²) in [5.41, 5.74) is 0. The molecule has 0 aliphatic rings. The fraction of sp³-hybridized carbons (Fsp3) is 1.00. The minimum Gasteiger partial charge on any atom is -0.633 e. The second-order valence-electron chi connectivity index (χ2n) is 5.37. The molecule has 1 atom stereocenters. The van der Waals surface area contributed by atoms with Crippen molar-refractivity contribution in [1.82, 2.24) is 0 Å². The van der Waals surface area contributed by atoms with Crippen LogP contribution in [0.4, 0.5) is 0 Å². The van der Waals surface area contributed by atoms with Gasteiger partial charge < -0.3 is 9.85 Å². The number of hydroxylamine groups is 3. The van der Waals surface area contributed by atoms with Crippen molar-refractivity contribution >= 4 is 0 Å². The lowest BCUT2D eigenvalue weighted by atomic mass is 9.92. The van der Waals surface area contributed by atoms with Crippen LogP contribution in [0.2, 0.25) is 0 Å². The molecule has 0 spiro atoms. The van der Waals surface area contributed by atoms with Crippen molar-refractivity contribution in [2.24, 2.45) is 11.8 Å². The third kappa shape index (κ3) is 8.52. The van der Waals surface area contributed by atoms with Gasteiger partial charge in [0, 0.05) is 0 Å². The van der Waals surface area contributed by atoms with Crippen molar-refractivity contribution in [3.8, 4) is 0 Å². The molecule has 0 rings (SSSR count). The second kappa shape index (κ2) is 6.41. The van der Waals surface area contributed by atoms with Crippen molar-refractivity contribution in [3.63, 3.8) is 0 Å². The SMILES string of the molecule is CC(C)C(C)CCCCC[N+](C)(C)[O-]. The average Bonchev–Trinajstić information content (AvgIpc) is 2.01. The standard InChI is InChI=1S/C12H27NO/c1-11(2)12(3)9-7-6-8-10-13(4,5)14/h11-12H,6-10H2,1-5H3.